The van der Waals surface area contributed by atoms with Gasteiger partial charge in [0, 0.05) is 10.5 Å². The third-order valence-electron chi connectivity index (χ3n) is 3.60. The SMILES string of the molecule is O=C(CN=C1NS(=O)(=O)c2ccccc21)Nc1ccccc1SCC(F)(F)F. The summed E-state index contributed by atoms with van der Waals surface area (Å²) in [5.74, 6) is -1.62. The molecule has 0 fully saturated rings. The van der Waals surface area contributed by atoms with E-state index in [-0.39, 0.29) is 21.3 Å². The van der Waals surface area contributed by atoms with Crippen LogP contribution in [0.25, 0.3) is 0 Å². The second kappa shape index (κ2) is 7.84. The van der Waals surface area contributed by atoms with Crippen LogP contribution in [0.3, 0.4) is 0 Å². The number of thioether (sulfide) groups is 1. The summed E-state index contributed by atoms with van der Waals surface area (Å²) in [5, 5.41) is 2.50. The van der Waals surface area contributed by atoms with Gasteiger partial charge in [-0.3, -0.25) is 14.5 Å². The first kappa shape index (κ1) is 20.2. The van der Waals surface area contributed by atoms with Crippen molar-refractivity contribution in [2.45, 2.75) is 16.0 Å². The number of anilines is 1. The van der Waals surface area contributed by atoms with Gasteiger partial charge in [-0.15, -0.1) is 11.8 Å². The molecule has 0 bridgehead atoms. The van der Waals surface area contributed by atoms with Crippen molar-refractivity contribution in [3.8, 4) is 0 Å². The molecule has 0 atom stereocenters. The number of para-hydroxylation sites is 1. The molecule has 2 N–H and O–H groups in total. The van der Waals surface area contributed by atoms with Gasteiger partial charge in [-0.1, -0.05) is 24.3 Å². The molecule has 1 amide bonds. The molecule has 0 saturated carbocycles. The molecular weight excluding hydrogens is 415 g/mol. The number of hydrogen-bond donors (Lipinski definition) is 2. The Labute approximate surface area is 163 Å². The average molecular weight is 429 g/mol. The lowest BCUT2D eigenvalue weighted by atomic mass is 10.2. The largest absolute Gasteiger partial charge is 0.398 e. The van der Waals surface area contributed by atoms with Crippen molar-refractivity contribution in [1.29, 1.82) is 0 Å². The number of halogens is 3. The molecule has 0 aromatic heterocycles. The molecule has 3 rings (SSSR count). The number of nitrogens with one attached hydrogen (secondary N) is 2. The maximum atomic E-state index is 12.4. The van der Waals surface area contributed by atoms with Gasteiger partial charge in [-0.05, 0) is 24.3 Å². The molecule has 1 heterocycles. The maximum absolute atomic E-state index is 12.4. The third-order valence-corrected chi connectivity index (χ3v) is 6.13. The van der Waals surface area contributed by atoms with Gasteiger partial charge in [0.2, 0.25) is 5.91 Å². The second-order valence-electron chi connectivity index (χ2n) is 5.71. The topological polar surface area (TPSA) is 87.6 Å². The molecule has 0 unspecified atom stereocenters. The summed E-state index contributed by atoms with van der Waals surface area (Å²) < 4.78 is 63.6. The number of fused-ring (bicyclic) bond motifs is 1. The van der Waals surface area contributed by atoms with Gasteiger partial charge in [0.1, 0.15) is 12.4 Å². The van der Waals surface area contributed by atoms with Crippen molar-refractivity contribution >= 4 is 39.2 Å². The summed E-state index contributed by atoms with van der Waals surface area (Å²) >= 11 is 0.563. The van der Waals surface area contributed by atoms with Crippen molar-refractivity contribution in [1.82, 2.24) is 4.72 Å². The van der Waals surface area contributed by atoms with E-state index in [4.69, 9.17) is 0 Å². The van der Waals surface area contributed by atoms with E-state index in [1.165, 1.54) is 18.2 Å². The van der Waals surface area contributed by atoms with Gasteiger partial charge in [0.05, 0.1) is 16.3 Å². The van der Waals surface area contributed by atoms with Crippen LogP contribution in [0.15, 0.2) is 63.3 Å². The van der Waals surface area contributed by atoms with Crippen molar-refractivity contribution in [2.75, 3.05) is 17.6 Å². The second-order valence-corrected chi connectivity index (χ2v) is 8.38. The summed E-state index contributed by atoms with van der Waals surface area (Å²) in [6, 6.07) is 12.3. The summed E-state index contributed by atoms with van der Waals surface area (Å²) in [5.41, 5.74) is 0.589. The molecular formula is C17H14F3N3O3S2. The molecule has 0 spiro atoms. The van der Waals surface area contributed by atoms with Crippen LogP contribution >= 0.6 is 11.8 Å². The number of carbonyl (C=O) groups excluding carboxylic acids is 1. The normalized spacial score (nSPS) is 16.5. The molecule has 2 aromatic carbocycles. The molecule has 6 nitrogen and oxygen atoms in total. The quantitative estimate of drug-likeness (QED) is 0.716. The van der Waals surface area contributed by atoms with Crippen molar-refractivity contribution in [3.05, 3.63) is 54.1 Å². The Balaban J connectivity index is 1.70. The predicted octanol–water partition coefficient (Wildman–Crippen LogP) is 3.02. The highest BCUT2D eigenvalue weighted by molar-refractivity contribution is 7.99. The zero-order valence-electron chi connectivity index (χ0n) is 14.2. The fourth-order valence-electron chi connectivity index (χ4n) is 2.45. The number of sulfonamides is 1. The van der Waals surface area contributed by atoms with E-state index in [9.17, 15) is 26.4 Å². The lowest BCUT2D eigenvalue weighted by Gasteiger charge is -2.11. The molecule has 11 heteroatoms. The maximum Gasteiger partial charge on any atom is 0.398 e. The van der Waals surface area contributed by atoms with Crippen LogP contribution in [0.2, 0.25) is 0 Å². The van der Waals surface area contributed by atoms with Crippen molar-refractivity contribution in [2.24, 2.45) is 4.99 Å². The minimum atomic E-state index is -4.33. The van der Waals surface area contributed by atoms with Crippen LogP contribution in [0.1, 0.15) is 5.56 Å². The van der Waals surface area contributed by atoms with Crippen LogP contribution in [0.4, 0.5) is 18.9 Å². The first-order valence-electron chi connectivity index (χ1n) is 7.91. The number of amidine groups is 1. The van der Waals surface area contributed by atoms with Gasteiger partial charge in [0.15, 0.2) is 0 Å². The van der Waals surface area contributed by atoms with Crippen molar-refractivity contribution < 1.29 is 26.4 Å². The van der Waals surface area contributed by atoms with E-state index in [2.05, 4.69) is 15.0 Å². The Kier molecular flexibility index (Phi) is 5.66. The number of rotatable bonds is 5. The number of carbonyl (C=O) groups is 1. The third kappa shape index (κ3) is 4.84. The molecule has 148 valence electrons. The molecule has 2 aromatic rings. The number of aliphatic imine (C=N–C) groups is 1. The monoisotopic (exact) mass is 429 g/mol. The number of hydrogen-bond acceptors (Lipinski definition) is 5. The summed E-state index contributed by atoms with van der Waals surface area (Å²) in [6.07, 6.45) is -4.33. The molecule has 28 heavy (non-hydrogen) atoms. The van der Waals surface area contributed by atoms with Crippen LogP contribution in [0, 0.1) is 0 Å². The van der Waals surface area contributed by atoms with E-state index in [0.29, 0.717) is 17.3 Å². The lowest BCUT2D eigenvalue weighted by molar-refractivity contribution is -0.114. The summed E-state index contributed by atoms with van der Waals surface area (Å²) in [7, 11) is -3.71. The molecule has 0 saturated heterocycles. The highest BCUT2D eigenvalue weighted by Gasteiger charge is 2.30. The van der Waals surface area contributed by atoms with E-state index in [1.807, 2.05) is 0 Å². The van der Waals surface area contributed by atoms with Crippen LogP contribution in [-0.4, -0.2) is 38.6 Å². The smallest absolute Gasteiger partial charge is 0.323 e. The van der Waals surface area contributed by atoms with Gasteiger partial charge >= 0.3 is 6.18 Å². The fourth-order valence-corrected chi connectivity index (χ4v) is 4.47. The number of alkyl halides is 3. The Bertz CT molecular complexity index is 1040. The fraction of sp³-hybridized carbons (Fsp3) is 0.176. The van der Waals surface area contributed by atoms with Gasteiger partial charge in [-0.25, -0.2) is 8.42 Å². The van der Waals surface area contributed by atoms with Crippen LogP contribution in [0.5, 0.6) is 0 Å². The first-order valence-corrected chi connectivity index (χ1v) is 10.4. The van der Waals surface area contributed by atoms with E-state index in [1.54, 1.807) is 30.3 Å². The Hall–Kier alpha value is -2.53. The minimum Gasteiger partial charge on any atom is -0.323 e. The van der Waals surface area contributed by atoms with Gasteiger partial charge < -0.3 is 5.32 Å². The lowest BCUT2D eigenvalue weighted by Crippen LogP contribution is -2.24. The number of benzene rings is 2. The zero-order valence-corrected chi connectivity index (χ0v) is 15.8. The Morgan fingerprint density at radius 2 is 1.79 bits per heavy atom. The van der Waals surface area contributed by atoms with E-state index >= 15 is 0 Å². The van der Waals surface area contributed by atoms with Gasteiger partial charge in [-0.2, -0.15) is 13.2 Å². The highest BCUT2D eigenvalue weighted by atomic mass is 32.2. The summed E-state index contributed by atoms with van der Waals surface area (Å²) in [6.45, 7) is -0.398. The van der Waals surface area contributed by atoms with E-state index in [0.717, 1.165) is 0 Å². The molecule has 1 aliphatic heterocycles. The molecule has 0 aliphatic carbocycles. The number of nitrogens with zero attached hydrogens (tertiary/aromatic N) is 1. The Morgan fingerprint density at radius 1 is 1.11 bits per heavy atom. The highest BCUT2D eigenvalue weighted by Crippen LogP contribution is 2.32. The van der Waals surface area contributed by atoms with Gasteiger partial charge in [0.25, 0.3) is 10.0 Å². The predicted molar refractivity (Wildman–Crippen MR) is 100 cm³/mol. The first-order chi connectivity index (χ1) is 13.2. The summed E-state index contributed by atoms with van der Waals surface area (Å²) in [4.78, 5) is 16.5. The van der Waals surface area contributed by atoms with E-state index < -0.39 is 34.4 Å². The van der Waals surface area contributed by atoms with Crippen molar-refractivity contribution in [3.63, 3.8) is 0 Å². The Morgan fingerprint density at radius 3 is 2.54 bits per heavy atom. The molecule has 1 aliphatic rings. The molecule has 0 radical (unpaired) electrons. The minimum absolute atomic E-state index is 0.0467. The van der Waals surface area contributed by atoms with Crippen LogP contribution < -0.4 is 10.0 Å². The zero-order chi connectivity index (χ0) is 20.4. The number of amides is 1. The van der Waals surface area contributed by atoms with Crippen LogP contribution in [-0.2, 0) is 14.8 Å². The standard InChI is InChI=1S/C17H14F3N3O3S2/c18-17(19,20)10-27-13-7-3-2-6-12(13)22-15(24)9-21-16-11-5-1-4-8-14(11)28(25,26)23-16/h1-8H,9-10H2,(H,21,23)(H,22,24). The average Bonchev–Trinajstić information content (AvgIpc) is 2.89.